The van der Waals surface area contributed by atoms with E-state index in [9.17, 15) is 14.5 Å². The van der Waals surface area contributed by atoms with E-state index in [0.29, 0.717) is 15.9 Å². The Balaban J connectivity index is 2.37. The molecule has 2 aromatic carbocycles. The summed E-state index contributed by atoms with van der Waals surface area (Å²) in [6.45, 7) is 0. The second-order valence-corrected chi connectivity index (χ2v) is 4.75. The fourth-order valence-corrected chi connectivity index (χ4v) is 2.01. The van der Waals surface area contributed by atoms with Crippen molar-refractivity contribution in [1.29, 1.82) is 0 Å². The Hall–Kier alpha value is -2.15. The van der Waals surface area contributed by atoms with Gasteiger partial charge in [0.2, 0.25) is 0 Å². The van der Waals surface area contributed by atoms with Crippen molar-refractivity contribution in [2.45, 2.75) is 0 Å². The maximum absolute atomic E-state index is 13.0. The van der Waals surface area contributed by atoms with E-state index in [0.717, 1.165) is 0 Å². The second-order valence-electron chi connectivity index (χ2n) is 3.90. The van der Waals surface area contributed by atoms with Gasteiger partial charge in [0.1, 0.15) is 17.3 Å². The third-order valence-electron chi connectivity index (χ3n) is 2.51. The number of nitro benzene ring substituents is 1. The molecular weight excluding hydrogens is 331 g/mol. The standard InChI is InChI=1S/C13H10BrFN2O3/c1-16-9-5-10(17(18)19)7-11(6-9)20-13-3-2-8(15)4-12(13)14/h2-7,16H,1H3. The Morgan fingerprint density at radius 3 is 2.65 bits per heavy atom. The largest absolute Gasteiger partial charge is 0.456 e. The summed E-state index contributed by atoms with van der Waals surface area (Å²) in [6.07, 6.45) is 0. The van der Waals surface area contributed by atoms with Crippen LogP contribution in [0, 0.1) is 15.9 Å². The van der Waals surface area contributed by atoms with Gasteiger partial charge in [-0.15, -0.1) is 0 Å². The molecule has 0 unspecified atom stereocenters. The second kappa shape index (κ2) is 5.87. The van der Waals surface area contributed by atoms with Crippen molar-refractivity contribution < 1.29 is 14.1 Å². The fourth-order valence-electron chi connectivity index (χ4n) is 1.58. The minimum absolute atomic E-state index is 0.0925. The molecule has 1 N–H and O–H groups in total. The molecule has 0 spiro atoms. The molecule has 0 saturated carbocycles. The van der Waals surface area contributed by atoms with Crippen molar-refractivity contribution in [2.24, 2.45) is 0 Å². The molecule has 7 heteroatoms. The molecule has 0 saturated heterocycles. The fraction of sp³-hybridized carbons (Fsp3) is 0.0769. The molecule has 0 heterocycles. The lowest BCUT2D eigenvalue weighted by Gasteiger charge is -2.09. The van der Waals surface area contributed by atoms with Crippen molar-refractivity contribution in [3.8, 4) is 11.5 Å². The Morgan fingerprint density at radius 1 is 1.30 bits per heavy atom. The average molecular weight is 341 g/mol. The lowest BCUT2D eigenvalue weighted by Crippen LogP contribution is -1.94. The van der Waals surface area contributed by atoms with E-state index in [1.807, 2.05) is 0 Å². The van der Waals surface area contributed by atoms with E-state index >= 15 is 0 Å². The molecule has 2 rings (SSSR count). The van der Waals surface area contributed by atoms with Crippen LogP contribution in [0.2, 0.25) is 0 Å². The quantitative estimate of drug-likeness (QED) is 0.664. The highest BCUT2D eigenvalue weighted by Crippen LogP contribution is 2.33. The number of nitro groups is 1. The average Bonchev–Trinajstić information content (AvgIpc) is 2.41. The predicted molar refractivity (Wildman–Crippen MR) is 76.8 cm³/mol. The first-order chi connectivity index (χ1) is 9.49. The maximum atomic E-state index is 13.0. The summed E-state index contributed by atoms with van der Waals surface area (Å²) >= 11 is 3.17. The van der Waals surface area contributed by atoms with Gasteiger partial charge in [-0.2, -0.15) is 0 Å². The number of halogens is 2. The number of ether oxygens (including phenoxy) is 1. The zero-order valence-corrected chi connectivity index (χ0v) is 12.0. The monoisotopic (exact) mass is 340 g/mol. The number of anilines is 1. The molecule has 20 heavy (non-hydrogen) atoms. The number of rotatable bonds is 4. The third kappa shape index (κ3) is 3.24. The van der Waals surface area contributed by atoms with Gasteiger partial charge in [0.15, 0.2) is 0 Å². The summed E-state index contributed by atoms with van der Waals surface area (Å²) < 4.78 is 19.0. The van der Waals surface area contributed by atoms with Crippen LogP contribution in [-0.4, -0.2) is 12.0 Å². The van der Waals surface area contributed by atoms with Crippen LogP contribution >= 0.6 is 15.9 Å². The normalized spacial score (nSPS) is 10.2. The summed E-state index contributed by atoms with van der Waals surface area (Å²) in [7, 11) is 1.65. The summed E-state index contributed by atoms with van der Waals surface area (Å²) in [6, 6.07) is 8.26. The molecule has 0 bridgehead atoms. The summed E-state index contributed by atoms with van der Waals surface area (Å²) in [5.41, 5.74) is 0.456. The minimum Gasteiger partial charge on any atom is -0.456 e. The van der Waals surface area contributed by atoms with Gasteiger partial charge in [0.25, 0.3) is 5.69 Å². The smallest absolute Gasteiger partial charge is 0.275 e. The number of nitrogens with zero attached hydrogens (tertiary/aromatic N) is 1. The topological polar surface area (TPSA) is 64.4 Å². The molecule has 0 atom stereocenters. The molecule has 0 aliphatic heterocycles. The summed E-state index contributed by atoms with van der Waals surface area (Å²) in [5, 5.41) is 13.7. The summed E-state index contributed by atoms with van der Waals surface area (Å²) in [4.78, 5) is 10.3. The highest BCUT2D eigenvalue weighted by Gasteiger charge is 2.12. The van der Waals surface area contributed by atoms with Gasteiger partial charge < -0.3 is 10.1 Å². The van der Waals surface area contributed by atoms with Crippen LogP contribution in [0.5, 0.6) is 11.5 Å². The molecule has 0 aliphatic carbocycles. The summed E-state index contributed by atoms with van der Waals surface area (Å²) in [5.74, 6) is 0.254. The molecule has 5 nitrogen and oxygen atoms in total. The van der Waals surface area contributed by atoms with Crippen LogP contribution in [0.1, 0.15) is 0 Å². The van der Waals surface area contributed by atoms with Crippen LogP contribution in [0.15, 0.2) is 40.9 Å². The van der Waals surface area contributed by atoms with E-state index < -0.39 is 10.7 Å². The van der Waals surface area contributed by atoms with Crippen molar-refractivity contribution in [3.05, 3.63) is 56.8 Å². The van der Waals surface area contributed by atoms with Crippen LogP contribution in [0.3, 0.4) is 0 Å². The molecular formula is C13H10BrFN2O3. The van der Waals surface area contributed by atoms with E-state index in [1.54, 1.807) is 13.1 Å². The molecule has 0 fully saturated rings. The molecule has 0 radical (unpaired) electrons. The highest BCUT2D eigenvalue weighted by atomic mass is 79.9. The Bertz CT molecular complexity index is 664. The van der Waals surface area contributed by atoms with Crippen molar-refractivity contribution in [3.63, 3.8) is 0 Å². The Labute approximate surface area is 122 Å². The zero-order valence-electron chi connectivity index (χ0n) is 10.4. The number of hydrogen-bond donors (Lipinski definition) is 1. The van der Waals surface area contributed by atoms with Gasteiger partial charge in [0, 0.05) is 24.9 Å². The van der Waals surface area contributed by atoms with E-state index in [1.165, 1.54) is 30.3 Å². The van der Waals surface area contributed by atoms with E-state index in [-0.39, 0.29) is 11.4 Å². The predicted octanol–water partition coefficient (Wildman–Crippen LogP) is 4.33. The first kappa shape index (κ1) is 14.3. The van der Waals surface area contributed by atoms with E-state index in [4.69, 9.17) is 4.74 Å². The van der Waals surface area contributed by atoms with Gasteiger partial charge in [-0.25, -0.2) is 4.39 Å². The van der Waals surface area contributed by atoms with Crippen molar-refractivity contribution in [2.75, 3.05) is 12.4 Å². The highest BCUT2D eigenvalue weighted by molar-refractivity contribution is 9.10. The van der Waals surface area contributed by atoms with Gasteiger partial charge in [0.05, 0.1) is 15.5 Å². The van der Waals surface area contributed by atoms with Crippen LogP contribution in [0.25, 0.3) is 0 Å². The lowest BCUT2D eigenvalue weighted by atomic mass is 10.2. The lowest BCUT2D eigenvalue weighted by molar-refractivity contribution is -0.384. The van der Waals surface area contributed by atoms with Crippen LogP contribution < -0.4 is 10.1 Å². The van der Waals surface area contributed by atoms with E-state index in [2.05, 4.69) is 21.2 Å². The van der Waals surface area contributed by atoms with Crippen LogP contribution in [0.4, 0.5) is 15.8 Å². The van der Waals surface area contributed by atoms with Crippen LogP contribution in [-0.2, 0) is 0 Å². The molecule has 0 aromatic heterocycles. The molecule has 2 aromatic rings. The Kier molecular flexibility index (Phi) is 4.19. The van der Waals surface area contributed by atoms with Gasteiger partial charge in [-0.1, -0.05) is 0 Å². The van der Waals surface area contributed by atoms with Crippen molar-refractivity contribution in [1.82, 2.24) is 0 Å². The molecule has 0 aliphatic rings. The SMILES string of the molecule is CNc1cc(Oc2ccc(F)cc2Br)cc([N+](=O)[O-])c1. The first-order valence-electron chi connectivity index (χ1n) is 5.60. The van der Waals surface area contributed by atoms with Gasteiger partial charge >= 0.3 is 0 Å². The number of non-ortho nitro benzene ring substituents is 1. The minimum atomic E-state index is -0.507. The maximum Gasteiger partial charge on any atom is 0.275 e. The first-order valence-corrected chi connectivity index (χ1v) is 6.39. The van der Waals surface area contributed by atoms with Gasteiger partial charge in [-0.3, -0.25) is 10.1 Å². The molecule has 104 valence electrons. The number of hydrogen-bond acceptors (Lipinski definition) is 4. The molecule has 0 amide bonds. The Morgan fingerprint density at radius 2 is 2.05 bits per heavy atom. The third-order valence-corrected chi connectivity index (χ3v) is 3.13. The van der Waals surface area contributed by atoms with Crippen molar-refractivity contribution >= 4 is 27.3 Å². The number of nitrogens with one attached hydrogen (secondary N) is 1. The zero-order chi connectivity index (χ0) is 14.7. The number of benzene rings is 2. The van der Waals surface area contributed by atoms with Gasteiger partial charge in [-0.05, 0) is 34.1 Å².